The lowest BCUT2D eigenvalue weighted by atomic mass is 9.81. The highest BCUT2D eigenvalue weighted by Crippen LogP contribution is 2.51. The Balaban J connectivity index is 1.23. The SMILES string of the molecule is c1ccc(-c2ccc3ccc(-c4cccc5sc6ccccc6c45)cc3c2-c2c3ccccc3c(-c3cccc4oc5ccccc5c34)c3ccccc23)cc1. The fourth-order valence-corrected chi connectivity index (χ4v) is 10.4. The maximum atomic E-state index is 6.44. The van der Waals surface area contributed by atoms with Crippen molar-refractivity contribution in [2.75, 3.05) is 0 Å². The van der Waals surface area contributed by atoms with Crippen molar-refractivity contribution in [2.24, 2.45) is 0 Å². The van der Waals surface area contributed by atoms with Gasteiger partial charge in [-0.2, -0.15) is 0 Å². The first-order chi connectivity index (χ1) is 27.8. The van der Waals surface area contributed by atoms with Gasteiger partial charge in [0.2, 0.25) is 0 Å². The molecular weight excluding hydrogens is 697 g/mol. The van der Waals surface area contributed by atoms with Gasteiger partial charge in [-0.05, 0) is 107 Å². The van der Waals surface area contributed by atoms with Crippen molar-refractivity contribution in [3.8, 4) is 44.5 Å². The van der Waals surface area contributed by atoms with Gasteiger partial charge >= 0.3 is 0 Å². The van der Waals surface area contributed by atoms with E-state index in [1.54, 1.807) is 0 Å². The third-order valence-corrected chi connectivity index (χ3v) is 12.8. The van der Waals surface area contributed by atoms with Gasteiger partial charge < -0.3 is 4.42 Å². The number of thiophene rings is 1. The lowest BCUT2D eigenvalue weighted by Crippen LogP contribution is -1.94. The van der Waals surface area contributed by atoms with Crippen LogP contribution in [0.2, 0.25) is 0 Å². The molecular formula is C54H32OS. The molecule has 2 heterocycles. The molecule has 0 aliphatic heterocycles. The zero-order valence-electron chi connectivity index (χ0n) is 30.3. The minimum absolute atomic E-state index is 0.905. The van der Waals surface area contributed by atoms with Crippen LogP contribution in [0.4, 0.5) is 0 Å². The van der Waals surface area contributed by atoms with Crippen LogP contribution in [0.3, 0.4) is 0 Å². The number of benzene rings is 10. The van der Waals surface area contributed by atoms with E-state index in [1.807, 2.05) is 17.4 Å². The number of furan rings is 1. The molecule has 10 aromatic carbocycles. The van der Waals surface area contributed by atoms with Gasteiger partial charge in [0.1, 0.15) is 11.2 Å². The van der Waals surface area contributed by atoms with Crippen molar-refractivity contribution >= 4 is 85.8 Å². The summed E-state index contributed by atoms with van der Waals surface area (Å²) < 4.78 is 9.07. The summed E-state index contributed by atoms with van der Waals surface area (Å²) in [6, 6.07) is 71.1. The Morgan fingerprint density at radius 3 is 1.68 bits per heavy atom. The predicted molar refractivity (Wildman–Crippen MR) is 241 cm³/mol. The van der Waals surface area contributed by atoms with Crippen molar-refractivity contribution in [2.45, 2.75) is 0 Å². The van der Waals surface area contributed by atoms with Crippen molar-refractivity contribution in [1.29, 1.82) is 0 Å². The van der Waals surface area contributed by atoms with Crippen molar-refractivity contribution in [1.82, 2.24) is 0 Å². The van der Waals surface area contributed by atoms with E-state index in [-0.39, 0.29) is 0 Å². The van der Waals surface area contributed by atoms with Crippen molar-refractivity contribution in [3.63, 3.8) is 0 Å². The minimum Gasteiger partial charge on any atom is -0.456 e. The lowest BCUT2D eigenvalue weighted by molar-refractivity contribution is 0.669. The zero-order chi connectivity index (χ0) is 36.7. The minimum atomic E-state index is 0.905. The molecule has 0 unspecified atom stereocenters. The van der Waals surface area contributed by atoms with E-state index in [0.717, 1.165) is 21.9 Å². The van der Waals surface area contributed by atoms with E-state index in [1.165, 1.54) is 97.0 Å². The van der Waals surface area contributed by atoms with Gasteiger partial charge in [0.15, 0.2) is 0 Å². The average molecular weight is 729 g/mol. The van der Waals surface area contributed by atoms with Gasteiger partial charge in [0, 0.05) is 30.9 Å². The van der Waals surface area contributed by atoms with Crippen LogP contribution in [0.5, 0.6) is 0 Å². The fourth-order valence-electron chi connectivity index (χ4n) is 9.30. The Labute approximate surface area is 327 Å². The monoisotopic (exact) mass is 728 g/mol. The number of hydrogen-bond donors (Lipinski definition) is 0. The van der Waals surface area contributed by atoms with Crippen LogP contribution in [0.25, 0.3) is 119 Å². The van der Waals surface area contributed by atoms with Gasteiger partial charge in [-0.3, -0.25) is 0 Å². The second-order valence-corrected chi connectivity index (χ2v) is 15.8. The van der Waals surface area contributed by atoms with Crippen LogP contribution in [-0.4, -0.2) is 0 Å². The first kappa shape index (κ1) is 31.4. The molecule has 0 aliphatic rings. The summed E-state index contributed by atoms with van der Waals surface area (Å²) in [6.45, 7) is 0. The van der Waals surface area contributed by atoms with Gasteiger partial charge in [0.25, 0.3) is 0 Å². The average Bonchev–Trinajstić information content (AvgIpc) is 3.84. The summed E-state index contributed by atoms with van der Waals surface area (Å²) in [4.78, 5) is 0. The largest absolute Gasteiger partial charge is 0.456 e. The van der Waals surface area contributed by atoms with Crippen LogP contribution in [-0.2, 0) is 0 Å². The molecule has 1 nitrogen and oxygen atoms in total. The van der Waals surface area contributed by atoms with E-state index in [9.17, 15) is 0 Å². The molecule has 0 amide bonds. The van der Waals surface area contributed by atoms with Crippen LogP contribution in [0.1, 0.15) is 0 Å². The quantitative estimate of drug-likeness (QED) is 0.165. The molecule has 260 valence electrons. The van der Waals surface area contributed by atoms with E-state index >= 15 is 0 Å². The molecule has 12 rings (SSSR count). The Bertz CT molecular complexity index is 3470. The van der Waals surface area contributed by atoms with Crippen molar-refractivity contribution < 1.29 is 4.42 Å². The lowest BCUT2D eigenvalue weighted by Gasteiger charge is -2.22. The topological polar surface area (TPSA) is 13.1 Å². The third-order valence-electron chi connectivity index (χ3n) is 11.7. The molecule has 12 aromatic rings. The number of hydrogen-bond acceptors (Lipinski definition) is 2. The highest BCUT2D eigenvalue weighted by molar-refractivity contribution is 7.25. The van der Waals surface area contributed by atoms with Gasteiger partial charge in [-0.15, -0.1) is 11.3 Å². The highest BCUT2D eigenvalue weighted by Gasteiger charge is 2.23. The number of para-hydroxylation sites is 1. The standard InChI is InChI=1S/C54H32OS/c1-2-14-33(15-3-1)37-31-30-34-28-29-35(36-22-13-27-49-52(36)43-21-9-11-26-48(43)56-49)32-45(34)53(37)54-40-18-6-4-16-38(40)50(39-17-5-7-19-41(39)54)44-23-12-25-47-51(44)42-20-8-10-24-46(42)55-47/h1-32H. The molecule has 0 radical (unpaired) electrons. The predicted octanol–water partition coefficient (Wildman–Crippen LogP) is 16.1. The van der Waals surface area contributed by atoms with E-state index in [4.69, 9.17) is 4.42 Å². The smallest absolute Gasteiger partial charge is 0.136 e. The Kier molecular flexibility index (Phi) is 6.87. The molecule has 56 heavy (non-hydrogen) atoms. The Morgan fingerprint density at radius 1 is 0.304 bits per heavy atom. The molecule has 2 aromatic heterocycles. The zero-order valence-corrected chi connectivity index (χ0v) is 31.1. The molecule has 0 N–H and O–H groups in total. The molecule has 2 heteroatoms. The maximum Gasteiger partial charge on any atom is 0.136 e. The first-order valence-electron chi connectivity index (χ1n) is 19.2. The Hall–Kier alpha value is -7.00. The van der Waals surface area contributed by atoms with Gasteiger partial charge in [0.05, 0.1) is 0 Å². The molecule has 0 aliphatic carbocycles. The first-order valence-corrected chi connectivity index (χ1v) is 20.0. The van der Waals surface area contributed by atoms with Gasteiger partial charge in [-0.1, -0.05) is 164 Å². The fraction of sp³-hybridized carbons (Fsp3) is 0. The third kappa shape index (κ3) is 4.60. The maximum absolute atomic E-state index is 6.44. The molecule has 0 bridgehead atoms. The second-order valence-electron chi connectivity index (χ2n) is 14.7. The highest BCUT2D eigenvalue weighted by atomic mass is 32.1. The van der Waals surface area contributed by atoms with E-state index < -0.39 is 0 Å². The molecule has 0 atom stereocenters. The molecule has 0 saturated heterocycles. The summed E-state index contributed by atoms with van der Waals surface area (Å²) in [6.07, 6.45) is 0. The van der Waals surface area contributed by atoms with Crippen molar-refractivity contribution in [3.05, 3.63) is 194 Å². The summed E-state index contributed by atoms with van der Waals surface area (Å²) in [5.74, 6) is 0. The van der Waals surface area contributed by atoms with Crippen LogP contribution >= 0.6 is 11.3 Å². The van der Waals surface area contributed by atoms with Crippen LogP contribution in [0.15, 0.2) is 199 Å². The number of rotatable bonds is 4. The molecule has 0 fully saturated rings. The summed E-state index contributed by atoms with van der Waals surface area (Å²) in [5.41, 5.74) is 11.7. The summed E-state index contributed by atoms with van der Waals surface area (Å²) in [7, 11) is 0. The molecule has 0 spiro atoms. The van der Waals surface area contributed by atoms with Crippen LogP contribution in [0, 0.1) is 0 Å². The van der Waals surface area contributed by atoms with E-state index in [0.29, 0.717) is 0 Å². The normalized spacial score (nSPS) is 11.9. The molecule has 0 saturated carbocycles. The van der Waals surface area contributed by atoms with Crippen LogP contribution < -0.4 is 0 Å². The second kappa shape index (κ2) is 12.3. The summed E-state index contributed by atoms with van der Waals surface area (Å²) >= 11 is 1.87. The van der Waals surface area contributed by atoms with Gasteiger partial charge in [-0.25, -0.2) is 0 Å². The Morgan fingerprint density at radius 2 is 0.893 bits per heavy atom. The van der Waals surface area contributed by atoms with E-state index in [2.05, 4.69) is 188 Å². The number of fused-ring (bicyclic) bond motifs is 9. The summed E-state index contributed by atoms with van der Waals surface area (Å²) in [5, 5.41) is 12.3.